The third kappa shape index (κ3) is 1.86. The number of Topliss-reactive ketones (excluding diaryl/α,β-unsaturated/α-hetero) is 1. The Hall–Kier alpha value is -0.350. The zero-order valence-electron chi connectivity index (χ0n) is 7.39. The van der Waals surface area contributed by atoms with Gasteiger partial charge >= 0.3 is 0 Å². The highest BCUT2D eigenvalue weighted by molar-refractivity contribution is 9.25. The first kappa shape index (κ1) is 10.2. The summed E-state index contributed by atoms with van der Waals surface area (Å²) in [5.41, 5.74) is 3.14. The summed E-state index contributed by atoms with van der Waals surface area (Å²) in [5, 5.41) is 3.26. The van der Waals surface area contributed by atoms with Gasteiger partial charge in [0, 0.05) is 17.8 Å². The Morgan fingerprint density at radius 2 is 2.21 bits per heavy atom. The van der Waals surface area contributed by atoms with Crippen LogP contribution in [0.5, 0.6) is 0 Å². The van der Waals surface area contributed by atoms with E-state index in [9.17, 15) is 4.79 Å². The summed E-state index contributed by atoms with van der Waals surface area (Å²) >= 11 is 6.42. The third-order valence-electron chi connectivity index (χ3n) is 2.30. The zero-order chi connectivity index (χ0) is 10.1. The van der Waals surface area contributed by atoms with Crippen molar-refractivity contribution < 1.29 is 4.79 Å². The molecule has 2 nitrogen and oxygen atoms in total. The number of nitrogens with one attached hydrogen (secondary N) is 1. The molecule has 0 unspecified atom stereocenters. The summed E-state index contributed by atoms with van der Waals surface area (Å²) in [4.78, 5) is 11.6. The molecule has 0 atom stereocenters. The van der Waals surface area contributed by atoms with E-state index in [4.69, 9.17) is 0 Å². The number of benzene rings is 1. The number of hydrogen-bond acceptors (Lipinski definition) is 2. The lowest BCUT2D eigenvalue weighted by Crippen LogP contribution is -2.07. The highest BCUT2D eigenvalue weighted by Gasteiger charge is 2.16. The second-order valence-corrected chi connectivity index (χ2v) is 6.27. The smallest absolute Gasteiger partial charge is 0.187 e. The van der Waals surface area contributed by atoms with E-state index in [0.29, 0.717) is 0 Å². The summed E-state index contributed by atoms with van der Waals surface area (Å²) in [6.45, 7) is 0.971. The Morgan fingerprint density at radius 1 is 1.43 bits per heavy atom. The van der Waals surface area contributed by atoms with E-state index in [1.165, 1.54) is 5.56 Å². The molecule has 1 aliphatic rings. The molecule has 74 valence electrons. The van der Waals surface area contributed by atoms with E-state index in [1.807, 2.05) is 18.2 Å². The van der Waals surface area contributed by atoms with E-state index in [1.54, 1.807) is 0 Å². The molecule has 0 spiro atoms. The van der Waals surface area contributed by atoms with Crippen LogP contribution in [0, 0.1) is 0 Å². The van der Waals surface area contributed by atoms with E-state index < -0.39 is 0 Å². The molecule has 0 saturated carbocycles. The van der Waals surface area contributed by atoms with E-state index in [0.717, 1.165) is 24.2 Å². The van der Waals surface area contributed by atoms with Gasteiger partial charge in [0.15, 0.2) is 5.78 Å². The lowest BCUT2D eigenvalue weighted by atomic mass is 10.1. The number of halogens is 2. The van der Waals surface area contributed by atoms with Crippen LogP contribution in [-0.2, 0) is 6.42 Å². The van der Waals surface area contributed by atoms with Gasteiger partial charge in [0.25, 0.3) is 0 Å². The third-order valence-corrected chi connectivity index (χ3v) is 3.13. The van der Waals surface area contributed by atoms with Crippen LogP contribution in [0.1, 0.15) is 15.9 Å². The van der Waals surface area contributed by atoms with Crippen LogP contribution in [0.15, 0.2) is 18.2 Å². The number of fused-ring (bicyclic) bond motifs is 1. The van der Waals surface area contributed by atoms with Crippen LogP contribution >= 0.6 is 31.9 Å². The van der Waals surface area contributed by atoms with Crippen molar-refractivity contribution >= 4 is 43.3 Å². The van der Waals surface area contributed by atoms with Crippen molar-refractivity contribution in [2.75, 3.05) is 11.9 Å². The van der Waals surface area contributed by atoms with Crippen LogP contribution in [0.25, 0.3) is 0 Å². The molecule has 1 heterocycles. The lowest BCUT2D eigenvalue weighted by molar-refractivity contribution is 0.101. The van der Waals surface area contributed by atoms with Crippen molar-refractivity contribution in [3.05, 3.63) is 29.3 Å². The van der Waals surface area contributed by atoms with Crippen LogP contribution in [0.3, 0.4) is 0 Å². The van der Waals surface area contributed by atoms with Gasteiger partial charge in [-0.2, -0.15) is 0 Å². The maximum Gasteiger partial charge on any atom is 0.187 e. The van der Waals surface area contributed by atoms with E-state index >= 15 is 0 Å². The number of hydrogen-bond donors (Lipinski definition) is 1. The van der Waals surface area contributed by atoms with Crippen molar-refractivity contribution in [3.63, 3.8) is 0 Å². The van der Waals surface area contributed by atoms with Gasteiger partial charge in [0.1, 0.15) is 3.74 Å². The molecular weight excluding hydrogens is 310 g/mol. The van der Waals surface area contributed by atoms with Crippen LogP contribution in [0.2, 0.25) is 0 Å². The maximum atomic E-state index is 11.6. The minimum atomic E-state index is -0.289. The molecule has 1 aromatic carbocycles. The Morgan fingerprint density at radius 3 is 2.93 bits per heavy atom. The van der Waals surface area contributed by atoms with Crippen molar-refractivity contribution in [3.8, 4) is 0 Å². The topological polar surface area (TPSA) is 29.1 Å². The lowest BCUT2D eigenvalue weighted by Gasteiger charge is -2.04. The first-order chi connectivity index (χ1) is 6.68. The molecule has 0 saturated heterocycles. The monoisotopic (exact) mass is 317 g/mol. The maximum absolute atomic E-state index is 11.6. The summed E-state index contributed by atoms with van der Waals surface area (Å²) in [6, 6.07) is 5.79. The highest BCUT2D eigenvalue weighted by atomic mass is 79.9. The van der Waals surface area contributed by atoms with Gasteiger partial charge in [-0.25, -0.2) is 0 Å². The van der Waals surface area contributed by atoms with Crippen LogP contribution in [0.4, 0.5) is 5.69 Å². The van der Waals surface area contributed by atoms with Crippen molar-refractivity contribution in [1.29, 1.82) is 0 Å². The quantitative estimate of drug-likeness (QED) is 0.671. The number of ketones is 1. The molecule has 0 aromatic heterocycles. The minimum absolute atomic E-state index is 0.0692. The molecule has 1 aliphatic heterocycles. The van der Waals surface area contributed by atoms with Gasteiger partial charge in [-0.1, -0.05) is 31.9 Å². The van der Waals surface area contributed by atoms with E-state index in [2.05, 4.69) is 37.2 Å². The molecule has 0 aliphatic carbocycles. The van der Waals surface area contributed by atoms with Crippen molar-refractivity contribution in [2.24, 2.45) is 0 Å². The Labute approximate surface area is 99.3 Å². The Bertz CT molecular complexity index is 376. The molecule has 0 fully saturated rings. The van der Waals surface area contributed by atoms with Gasteiger partial charge in [0.05, 0.1) is 0 Å². The Balaban J connectivity index is 2.33. The molecule has 0 amide bonds. The molecule has 2 rings (SSSR count). The molecule has 14 heavy (non-hydrogen) atoms. The highest BCUT2D eigenvalue weighted by Crippen LogP contribution is 2.25. The van der Waals surface area contributed by atoms with Gasteiger partial charge in [-0.05, 0) is 30.2 Å². The molecular formula is C10H9Br2NO. The summed E-state index contributed by atoms with van der Waals surface area (Å²) in [6.07, 6.45) is 1.01. The average molecular weight is 319 g/mol. The Kier molecular flexibility index (Phi) is 2.93. The molecule has 4 heteroatoms. The number of rotatable bonds is 2. The number of carbonyl (C=O) groups excluding carboxylic acids is 1. The van der Waals surface area contributed by atoms with Gasteiger partial charge in [-0.15, -0.1) is 0 Å². The fourth-order valence-electron chi connectivity index (χ4n) is 1.58. The van der Waals surface area contributed by atoms with Gasteiger partial charge in [-0.3, -0.25) is 4.79 Å². The number of anilines is 1. The molecule has 0 radical (unpaired) electrons. The molecule has 1 aromatic rings. The second-order valence-electron chi connectivity index (χ2n) is 3.21. The number of alkyl halides is 2. The van der Waals surface area contributed by atoms with Gasteiger partial charge < -0.3 is 5.32 Å². The van der Waals surface area contributed by atoms with Crippen LogP contribution < -0.4 is 5.32 Å². The normalized spacial score (nSPS) is 13.9. The molecule has 0 bridgehead atoms. The fourth-order valence-corrected chi connectivity index (χ4v) is 2.11. The minimum Gasteiger partial charge on any atom is -0.384 e. The largest absolute Gasteiger partial charge is 0.384 e. The first-order valence-electron chi connectivity index (χ1n) is 4.37. The van der Waals surface area contributed by atoms with E-state index in [-0.39, 0.29) is 9.52 Å². The summed E-state index contributed by atoms with van der Waals surface area (Å²) in [5.74, 6) is 0.0692. The number of carbonyl (C=O) groups is 1. The summed E-state index contributed by atoms with van der Waals surface area (Å²) < 4.78 is -0.289. The average Bonchev–Trinajstić information content (AvgIpc) is 2.62. The SMILES string of the molecule is O=C(c1ccc2c(c1)CCN2)C(Br)Br. The predicted octanol–water partition coefficient (Wildman–Crippen LogP) is 2.95. The van der Waals surface area contributed by atoms with Gasteiger partial charge in [0.2, 0.25) is 0 Å². The van der Waals surface area contributed by atoms with Crippen molar-refractivity contribution in [2.45, 2.75) is 10.2 Å². The zero-order valence-corrected chi connectivity index (χ0v) is 10.6. The molecule has 1 N–H and O–H groups in total. The predicted molar refractivity (Wildman–Crippen MR) is 64.6 cm³/mol. The second kappa shape index (κ2) is 4.03. The fraction of sp³-hybridized carbons (Fsp3) is 0.300. The van der Waals surface area contributed by atoms with Crippen molar-refractivity contribution in [1.82, 2.24) is 0 Å². The summed E-state index contributed by atoms with van der Waals surface area (Å²) in [7, 11) is 0. The first-order valence-corrected chi connectivity index (χ1v) is 6.21. The van der Waals surface area contributed by atoms with Crippen LogP contribution in [-0.4, -0.2) is 16.1 Å². The standard InChI is InChI=1S/C10H9Br2NO/c11-10(12)9(14)7-1-2-8-6(5-7)3-4-13-8/h1-2,5,10,13H,3-4H2.